The molecule has 1 unspecified atom stereocenters. The van der Waals surface area contributed by atoms with Crippen LogP contribution < -0.4 is 15.4 Å². The number of anilines is 3. The van der Waals surface area contributed by atoms with Gasteiger partial charge in [-0.3, -0.25) is 14.7 Å². The molecule has 1 aliphatic heterocycles. The summed E-state index contributed by atoms with van der Waals surface area (Å²) in [6.07, 6.45) is 5.64. The first kappa shape index (κ1) is 20.8. The van der Waals surface area contributed by atoms with Crippen molar-refractivity contribution < 1.29 is 9.53 Å². The number of aryl methyl sites for hydroxylation is 1. The number of ether oxygens (including phenoxy) is 1. The molecule has 7 nitrogen and oxygen atoms in total. The summed E-state index contributed by atoms with van der Waals surface area (Å²) in [6.45, 7) is 3.24. The van der Waals surface area contributed by atoms with Crippen LogP contribution in [0.3, 0.4) is 0 Å². The Morgan fingerprint density at radius 1 is 1.13 bits per heavy atom. The van der Waals surface area contributed by atoms with Crippen LogP contribution in [-0.2, 0) is 4.79 Å². The number of nitrogens with zero attached hydrogens (tertiary/aromatic N) is 3. The maximum absolute atomic E-state index is 12.6. The summed E-state index contributed by atoms with van der Waals surface area (Å²) in [7, 11) is 1.62. The minimum Gasteiger partial charge on any atom is -0.497 e. The van der Waals surface area contributed by atoms with Gasteiger partial charge in [0.15, 0.2) is 0 Å². The Morgan fingerprint density at radius 2 is 1.94 bits per heavy atom. The molecule has 1 atom stereocenters. The lowest BCUT2D eigenvalue weighted by atomic mass is 10.1. The minimum atomic E-state index is -0.0269. The molecule has 4 rings (SSSR count). The summed E-state index contributed by atoms with van der Waals surface area (Å²) in [6, 6.07) is 15.5. The number of methoxy groups -OCH3 is 1. The molecule has 2 N–H and O–H groups in total. The van der Waals surface area contributed by atoms with E-state index in [-0.39, 0.29) is 11.9 Å². The Labute approximate surface area is 182 Å². The molecule has 1 aromatic carbocycles. The van der Waals surface area contributed by atoms with E-state index in [2.05, 4.69) is 25.5 Å². The summed E-state index contributed by atoms with van der Waals surface area (Å²) >= 11 is 0. The number of hydrogen-bond acceptors (Lipinski definition) is 6. The summed E-state index contributed by atoms with van der Waals surface area (Å²) in [4.78, 5) is 23.8. The zero-order valence-corrected chi connectivity index (χ0v) is 17.8. The molecule has 1 amide bonds. The summed E-state index contributed by atoms with van der Waals surface area (Å²) < 4.78 is 5.16. The third-order valence-corrected chi connectivity index (χ3v) is 5.48. The number of rotatable bonds is 7. The van der Waals surface area contributed by atoms with Crippen molar-refractivity contribution in [3.63, 3.8) is 0 Å². The monoisotopic (exact) mass is 417 g/mol. The Balaban J connectivity index is 1.37. The van der Waals surface area contributed by atoms with Gasteiger partial charge in [-0.2, -0.15) is 0 Å². The molecule has 0 bridgehead atoms. The first-order valence-corrected chi connectivity index (χ1v) is 10.4. The fraction of sp³-hybridized carbons (Fsp3) is 0.292. The highest BCUT2D eigenvalue weighted by atomic mass is 16.5. The SMILES string of the molecule is COc1ccc(NC(=O)CN2CCCC2c2ccc(Nc3ncccc3C)cn2)cc1. The van der Waals surface area contributed by atoms with Crippen molar-refractivity contribution >= 4 is 23.1 Å². The zero-order valence-electron chi connectivity index (χ0n) is 17.8. The van der Waals surface area contributed by atoms with Gasteiger partial charge in [-0.25, -0.2) is 4.98 Å². The van der Waals surface area contributed by atoms with Crippen LogP contribution in [-0.4, -0.2) is 41.0 Å². The van der Waals surface area contributed by atoms with Crippen LogP contribution in [0.4, 0.5) is 17.2 Å². The van der Waals surface area contributed by atoms with E-state index in [9.17, 15) is 4.79 Å². The van der Waals surface area contributed by atoms with Gasteiger partial charge < -0.3 is 15.4 Å². The van der Waals surface area contributed by atoms with Crippen molar-refractivity contribution in [2.75, 3.05) is 30.8 Å². The van der Waals surface area contributed by atoms with Gasteiger partial charge in [0.05, 0.1) is 37.3 Å². The van der Waals surface area contributed by atoms with E-state index in [1.807, 2.05) is 61.7 Å². The van der Waals surface area contributed by atoms with Gasteiger partial charge in [-0.05, 0) is 74.3 Å². The molecule has 3 aromatic rings. The molecule has 0 radical (unpaired) electrons. The number of carbonyl (C=O) groups is 1. The second-order valence-corrected chi connectivity index (χ2v) is 7.67. The van der Waals surface area contributed by atoms with Crippen LogP contribution in [0.25, 0.3) is 0 Å². The quantitative estimate of drug-likeness (QED) is 0.596. The van der Waals surface area contributed by atoms with E-state index < -0.39 is 0 Å². The molecule has 31 heavy (non-hydrogen) atoms. The van der Waals surface area contributed by atoms with Crippen LogP contribution in [0.5, 0.6) is 5.75 Å². The lowest BCUT2D eigenvalue weighted by Gasteiger charge is -2.23. The number of aromatic nitrogens is 2. The fourth-order valence-corrected chi connectivity index (χ4v) is 3.84. The predicted molar refractivity (Wildman–Crippen MR) is 122 cm³/mol. The topological polar surface area (TPSA) is 79.4 Å². The number of benzene rings is 1. The number of pyridine rings is 2. The highest BCUT2D eigenvalue weighted by Gasteiger charge is 2.28. The standard InChI is InChI=1S/C24H27N5O2/c1-17-5-3-13-25-24(17)28-19-9-12-21(26-15-19)22-6-4-14-29(22)16-23(30)27-18-7-10-20(31-2)11-8-18/h3,5,7-13,15,22H,4,6,14,16H2,1-2H3,(H,25,28)(H,27,30). The first-order chi connectivity index (χ1) is 15.1. The van der Waals surface area contributed by atoms with Gasteiger partial charge in [-0.15, -0.1) is 0 Å². The average Bonchev–Trinajstić information content (AvgIpc) is 3.24. The summed E-state index contributed by atoms with van der Waals surface area (Å²) in [5, 5.41) is 6.27. The number of carbonyl (C=O) groups excluding carboxylic acids is 1. The maximum atomic E-state index is 12.6. The van der Waals surface area contributed by atoms with Crippen molar-refractivity contribution in [2.24, 2.45) is 0 Å². The van der Waals surface area contributed by atoms with E-state index >= 15 is 0 Å². The third-order valence-electron chi connectivity index (χ3n) is 5.48. The van der Waals surface area contributed by atoms with Gasteiger partial charge in [-0.1, -0.05) is 6.07 Å². The van der Waals surface area contributed by atoms with Crippen molar-refractivity contribution in [3.8, 4) is 5.75 Å². The van der Waals surface area contributed by atoms with Gasteiger partial charge in [0.2, 0.25) is 5.91 Å². The van der Waals surface area contributed by atoms with Crippen molar-refractivity contribution in [2.45, 2.75) is 25.8 Å². The first-order valence-electron chi connectivity index (χ1n) is 10.4. The average molecular weight is 418 g/mol. The number of nitrogens with one attached hydrogen (secondary N) is 2. The van der Waals surface area contributed by atoms with Crippen molar-refractivity contribution in [3.05, 3.63) is 72.2 Å². The summed E-state index contributed by atoms with van der Waals surface area (Å²) in [5.74, 6) is 1.57. The van der Waals surface area contributed by atoms with Crippen LogP contribution in [0.15, 0.2) is 60.9 Å². The smallest absolute Gasteiger partial charge is 0.238 e. The summed E-state index contributed by atoms with van der Waals surface area (Å²) in [5.41, 5.74) is 3.72. The van der Waals surface area contributed by atoms with E-state index in [1.54, 1.807) is 13.3 Å². The Kier molecular flexibility index (Phi) is 6.43. The zero-order chi connectivity index (χ0) is 21.6. The van der Waals surface area contributed by atoms with E-state index in [4.69, 9.17) is 4.74 Å². The van der Waals surface area contributed by atoms with Crippen LogP contribution in [0.1, 0.15) is 30.1 Å². The van der Waals surface area contributed by atoms with Crippen molar-refractivity contribution in [1.82, 2.24) is 14.9 Å². The van der Waals surface area contributed by atoms with E-state index in [1.165, 1.54) is 0 Å². The predicted octanol–water partition coefficient (Wildman–Crippen LogP) is 4.31. The molecule has 0 aliphatic carbocycles. The Hall–Kier alpha value is -3.45. The van der Waals surface area contributed by atoms with Crippen LogP contribution in [0, 0.1) is 6.92 Å². The molecule has 1 fully saturated rings. The van der Waals surface area contributed by atoms with Crippen LogP contribution in [0.2, 0.25) is 0 Å². The molecule has 7 heteroatoms. The van der Waals surface area contributed by atoms with Crippen molar-refractivity contribution in [1.29, 1.82) is 0 Å². The normalized spacial score (nSPS) is 16.1. The highest BCUT2D eigenvalue weighted by molar-refractivity contribution is 5.92. The molecule has 160 valence electrons. The lowest BCUT2D eigenvalue weighted by molar-refractivity contribution is -0.117. The third kappa shape index (κ3) is 5.19. The lowest BCUT2D eigenvalue weighted by Crippen LogP contribution is -2.33. The molecule has 1 aliphatic rings. The number of amides is 1. The van der Waals surface area contributed by atoms with Gasteiger partial charge in [0.1, 0.15) is 11.6 Å². The molecule has 1 saturated heterocycles. The Morgan fingerprint density at radius 3 is 2.65 bits per heavy atom. The van der Waals surface area contributed by atoms with Gasteiger partial charge in [0, 0.05) is 11.9 Å². The minimum absolute atomic E-state index is 0.0269. The maximum Gasteiger partial charge on any atom is 0.238 e. The van der Waals surface area contributed by atoms with Gasteiger partial charge in [0.25, 0.3) is 0 Å². The van der Waals surface area contributed by atoms with E-state index in [0.717, 1.165) is 53.6 Å². The molecule has 2 aromatic heterocycles. The molecular formula is C24H27N5O2. The second kappa shape index (κ2) is 9.57. The number of likely N-dealkylation sites (tertiary alicyclic amines) is 1. The fourth-order valence-electron chi connectivity index (χ4n) is 3.84. The second-order valence-electron chi connectivity index (χ2n) is 7.67. The Bertz CT molecular complexity index is 1020. The highest BCUT2D eigenvalue weighted by Crippen LogP contribution is 2.31. The van der Waals surface area contributed by atoms with Crippen LogP contribution >= 0.6 is 0 Å². The molecular weight excluding hydrogens is 390 g/mol. The largest absolute Gasteiger partial charge is 0.497 e. The molecule has 3 heterocycles. The van der Waals surface area contributed by atoms with Gasteiger partial charge >= 0.3 is 0 Å². The molecule has 0 spiro atoms. The molecule has 0 saturated carbocycles. The number of hydrogen-bond donors (Lipinski definition) is 2. The van der Waals surface area contributed by atoms with E-state index in [0.29, 0.717) is 6.54 Å².